The maximum absolute atomic E-state index is 8.82. The number of hydrogen-bond donors (Lipinski definition) is 1. The Hall–Kier alpha value is -0.820. The molecule has 2 rings (SSSR count). The second-order valence-electron chi connectivity index (χ2n) is 4.64. The Morgan fingerprint density at radius 1 is 1.00 bits per heavy atom. The van der Waals surface area contributed by atoms with Crippen LogP contribution in [0.1, 0.15) is 36.8 Å². The van der Waals surface area contributed by atoms with Gasteiger partial charge in [-0.15, -0.1) is 0 Å². The van der Waals surface area contributed by atoms with Gasteiger partial charge in [-0.3, -0.25) is 0 Å². The molecule has 1 fully saturated rings. The molecule has 1 saturated carbocycles. The van der Waals surface area contributed by atoms with E-state index in [1.807, 2.05) is 0 Å². The van der Waals surface area contributed by atoms with Gasteiger partial charge in [0.05, 0.1) is 0 Å². The molecule has 0 aromatic heterocycles. The second kappa shape index (κ2) is 5.32. The second-order valence-corrected chi connectivity index (χ2v) is 4.64. The third kappa shape index (κ3) is 3.07. The molecule has 0 bridgehead atoms. The number of hydrogen-bond acceptors (Lipinski definition) is 1. The maximum Gasteiger partial charge on any atom is 0.0471 e. The highest BCUT2D eigenvalue weighted by Crippen LogP contribution is 2.27. The molecule has 1 heteroatoms. The minimum Gasteiger partial charge on any atom is -0.396 e. The van der Waals surface area contributed by atoms with Crippen LogP contribution in [0.5, 0.6) is 0 Å². The molecule has 0 atom stereocenters. The summed E-state index contributed by atoms with van der Waals surface area (Å²) in [6.07, 6.45) is 7.71. The van der Waals surface area contributed by atoms with Crippen molar-refractivity contribution in [2.75, 3.05) is 6.61 Å². The van der Waals surface area contributed by atoms with E-state index in [1.54, 1.807) is 0 Å². The summed E-state index contributed by atoms with van der Waals surface area (Å²) in [4.78, 5) is 0. The van der Waals surface area contributed by atoms with Gasteiger partial charge >= 0.3 is 0 Å². The first-order valence-electron chi connectivity index (χ1n) is 6.07. The quantitative estimate of drug-likeness (QED) is 0.799. The lowest BCUT2D eigenvalue weighted by molar-refractivity contribution is 0.299. The van der Waals surface area contributed by atoms with Gasteiger partial charge in [-0.05, 0) is 29.9 Å². The molecule has 0 radical (unpaired) electrons. The molecule has 15 heavy (non-hydrogen) atoms. The lowest BCUT2D eigenvalue weighted by Crippen LogP contribution is -1.99. The van der Waals surface area contributed by atoms with Crippen molar-refractivity contribution in [3.63, 3.8) is 0 Å². The van der Waals surface area contributed by atoms with Crippen molar-refractivity contribution in [3.8, 4) is 0 Å². The molecule has 0 heterocycles. The highest BCUT2D eigenvalue weighted by Gasteiger charge is 2.14. The molecule has 0 unspecified atom stereocenters. The van der Waals surface area contributed by atoms with Gasteiger partial charge in [0.25, 0.3) is 0 Å². The third-order valence-electron chi connectivity index (χ3n) is 3.42. The molecule has 0 amide bonds. The van der Waals surface area contributed by atoms with E-state index in [0.29, 0.717) is 0 Å². The third-order valence-corrected chi connectivity index (χ3v) is 3.42. The highest BCUT2D eigenvalue weighted by atomic mass is 16.2. The molecule has 1 aromatic rings. The van der Waals surface area contributed by atoms with Crippen molar-refractivity contribution >= 4 is 0 Å². The Morgan fingerprint density at radius 3 is 2.20 bits per heavy atom. The Kier molecular flexibility index (Phi) is 3.79. The molecule has 82 valence electrons. The summed E-state index contributed by atoms with van der Waals surface area (Å²) >= 11 is 0. The van der Waals surface area contributed by atoms with Gasteiger partial charge in [0, 0.05) is 6.61 Å². The van der Waals surface area contributed by atoms with Gasteiger partial charge in [0.15, 0.2) is 0 Å². The summed E-state index contributed by atoms with van der Waals surface area (Å²) < 4.78 is 0. The van der Waals surface area contributed by atoms with Crippen molar-refractivity contribution in [1.82, 2.24) is 0 Å². The van der Waals surface area contributed by atoms with Crippen molar-refractivity contribution in [2.24, 2.45) is 5.92 Å². The summed E-state index contributed by atoms with van der Waals surface area (Å²) in [5.74, 6) is 0.925. The van der Waals surface area contributed by atoms with Crippen LogP contribution >= 0.6 is 0 Å². The van der Waals surface area contributed by atoms with Gasteiger partial charge in [-0.1, -0.05) is 49.9 Å². The van der Waals surface area contributed by atoms with Crippen molar-refractivity contribution in [1.29, 1.82) is 0 Å². The molecule has 0 spiro atoms. The Labute approximate surface area is 92.1 Å². The van der Waals surface area contributed by atoms with Crippen LogP contribution in [0.2, 0.25) is 0 Å². The van der Waals surface area contributed by atoms with E-state index >= 15 is 0 Å². The molecule has 1 N–H and O–H groups in total. The SMILES string of the molecule is OCCc1ccc(CC2CCCC2)cc1. The number of rotatable bonds is 4. The van der Waals surface area contributed by atoms with Crippen molar-refractivity contribution in [3.05, 3.63) is 35.4 Å². The maximum atomic E-state index is 8.82. The molecule has 1 aliphatic rings. The standard InChI is InChI=1S/C14H20O/c15-10-9-12-5-7-14(8-6-12)11-13-3-1-2-4-13/h5-8,13,15H,1-4,9-11H2. The topological polar surface area (TPSA) is 20.2 Å². The van der Waals surface area contributed by atoms with Crippen LogP contribution in [0.25, 0.3) is 0 Å². The summed E-state index contributed by atoms with van der Waals surface area (Å²) in [5, 5.41) is 8.82. The van der Waals surface area contributed by atoms with Crippen LogP contribution in [0.3, 0.4) is 0 Å². The van der Waals surface area contributed by atoms with E-state index in [0.717, 1.165) is 12.3 Å². The fourth-order valence-electron chi connectivity index (χ4n) is 2.52. The molecule has 0 saturated heterocycles. The van der Waals surface area contributed by atoms with E-state index in [1.165, 1.54) is 43.2 Å². The first-order valence-corrected chi connectivity index (χ1v) is 6.07. The fraction of sp³-hybridized carbons (Fsp3) is 0.571. The molecule has 1 aromatic carbocycles. The lowest BCUT2D eigenvalue weighted by Gasteiger charge is -2.09. The van der Waals surface area contributed by atoms with Crippen molar-refractivity contribution in [2.45, 2.75) is 38.5 Å². The Bertz CT molecular complexity index is 283. The van der Waals surface area contributed by atoms with E-state index in [-0.39, 0.29) is 6.61 Å². The van der Waals surface area contributed by atoms with Crippen LogP contribution in [0.4, 0.5) is 0 Å². The van der Waals surface area contributed by atoms with Gasteiger partial charge in [0.1, 0.15) is 0 Å². The Balaban J connectivity index is 1.91. The summed E-state index contributed by atoms with van der Waals surface area (Å²) in [5.41, 5.74) is 2.70. The highest BCUT2D eigenvalue weighted by molar-refractivity contribution is 5.23. The van der Waals surface area contributed by atoms with E-state index in [2.05, 4.69) is 24.3 Å². The zero-order valence-electron chi connectivity index (χ0n) is 9.28. The number of aliphatic hydroxyl groups is 1. The van der Waals surface area contributed by atoms with Crippen LogP contribution in [0, 0.1) is 5.92 Å². The lowest BCUT2D eigenvalue weighted by atomic mass is 9.97. The smallest absolute Gasteiger partial charge is 0.0471 e. The molecule has 1 nitrogen and oxygen atoms in total. The van der Waals surface area contributed by atoms with Gasteiger partial charge in [-0.25, -0.2) is 0 Å². The van der Waals surface area contributed by atoms with Crippen molar-refractivity contribution < 1.29 is 5.11 Å². The molecular formula is C14H20O. The monoisotopic (exact) mass is 204 g/mol. The van der Waals surface area contributed by atoms with Gasteiger partial charge in [-0.2, -0.15) is 0 Å². The van der Waals surface area contributed by atoms with Crippen LogP contribution in [-0.2, 0) is 12.8 Å². The first kappa shape index (κ1) is 10.7. The number of aliphatic hydroxyl groups excluding tert-OH is 1. The van der Waals surface area contributed by atoms with E-state index in [9.17, 15) is 0 Å². The predicted molar refractivity (Wildman–Crippen MR) is 62.9 cm³/mol. The normalized spacial score (nSPS) is 17.1. The molecule has 1 aliphatic carbocycles. The van der Waals surface area contributed by atoms with Gasteiger partial charge < -0.3 is 5.11 Å². The zero-order valence-corrected chi connectivity index (χ0v) is 9.28. The van der Waals surface area contributed by atoms with E-state index < -0.39 is 0 Å². The number of benzene rings is 1. The van der Waals surface area contributed by atoms with Crippen LogP contribution < -0.4 is 0 Å². The predicted octanol–water partition coefficient (Wildman–Crippen LogP) is 2.95. The zero-order chi connectivity index (χ0) is 10.5. The van der Waals surface area contributed by atoms with Crippen LogP contribution in [0.15, 0.2) is 24.3 Å². The summed E-state index contributed by atoms with van der Waals surface area (Å²) in [6, 6.07) is 8.76. The molecule has 0 aliphatic heterocycles. The Morgan fingerprint density at radius 2 is 1.60 bits per heavy atom. The summed E-state index contributed by atoms with van der Waals surface area (Å²) in [7, 11) is 0. The molecular weight excluding hydrogens is 184 g/mol. The fourth-order valence-corrected chi connectivity index (χ4v) is 2.52. The summed E-state index contributed by atoms with van der Waals surface area (Å²) in [6.45, 7) is 0.252. The minimum absolute atomic E-state index is 0.252. The van der Waals surface area contributed by atoms with Gasteiger partial charge in [0.2, 0.25) is 0 Å². The largest absolute Gasteiger partial charge is 0.396 e. The minimum atomic E-state index is 0.252. The van der Waals surface area contributed by atoms with E-state index in [4.69, 9.17) is 5.11 Å². The first-order chi connectivity index (χ1) is 7.38. The van der Waals surface area contributed by atoms with Crippen LogP contribution in [-0.4, -0.2) is 11.7 Å². The average molecular weight is 204 g/mol. The average Bonchev–Trinajstić information content (AvgIpc) is 2.74.